The van der Waals surface area contributed by atoms with Gasteiger partial charge in [0, 0.05) is 31.0 Å². The molecule has 2 atom stereocenters. The van der Waals surface area contributed by atoms with E-state index in [-0.39, 0.29) is 23.8 Å². The summed E-state index contributed by atoms with van der Waals surface area (Å²) in [7, 11) is 3.00. The van der Waals surface area contributed by atoms with E-state index in [4.69, 9.17) is 9.47 Å². The van der Waals surface area contributed by atoms with E-state index in [9.17, 15) is 19.8 Å². The fourth-order valence-electron chi connectivity index (χ4n) is 3.54. The molecule has 1 heterocycles. The standard InChI is InChI=1S/C23H32N2O6/c1-13(2)24-11-17(26)12-31-18-9-7-16(8-10-18)21-19(22(27)28)14(3)25(5)15(4)20(21)23(29)30-6/h7-10,13,17,21,24,26H,11-12H2,1-6H3,(H,27,28). The zero-order chi connectivity index (χ0) is 23.3. The SMILES string of the molecule is COC(=O)C1=C(C)N(C)C(C)=C(C(=O)O)C1c1ccc(OCC(O)CNC(C)C)cc1. The number of methoxy groups -OCH3 is 1. The van der Waals surface area contributed by atoms with Gasteiger partial charge in [0.1, 0.15) is 18.5 Å². The Bertz CT molecular complexity index is 873. The average Bonchev–Trinajstić information content (AvgIpc) is 2.73. The van der Waals surface area contributed by atoms with Crippen molar-refractivity contribution in [2.45, 2.75) is 45.8 Å². The van der Waals surface area contributed by atoms with E-state index in [2.05, 4.69) is 5.32 Å². The van der Waals surface area contributed by atoms with E-state index in [1.165, 1.54) is 7.11 Å². The number of benzene rings is 1. The molecular formula is C23H32N2O6. The first-order chi connectivity index (χ1) is 14.6. The molecule has 0 amide bonds. The molecule has 1 aromatic carbocycles. The number of esters is 1. The van der Waals surface area contributed by atoms with Crippen molar-refractivity contribution in [3.05, 3.63) is 52.4 Å². The Balaban J connectivity index is 2.31. The van der Waals surface area contributed by atoms with Crippen LogP contribution in [0.25, 0.3) is 0 Å². The molecule has 0 radical (unpaired) electrons. The molecule has 3 N–H and O–H groups in total. The fourth-order valence-corrected chi connectivity index (χ4v) is 3.54. The number of carbonyl (C=O) groups excluding carboxylic acids is 1. The second kappa shape index (κ2) is 10.5. The smallest absolute Gasteiger partial charge is 0.336 e. The zero-order valence-electron chi connectivity index (χ0n) is 18.9. The average molecular weight is 433 g/mol. The lowest BCUT2D eigenvalue weighted by atomic mass is 9.80. The van der Waals surface area contributed by atoms with E-state index in [0.29, 0.717) is 29.3 Å². The Hall–Kier alpha value is -2.84. The third-order valence-corrected chi connectivity index (χ3v) is 5.42. The van der Waals surface area contributed by atoms with Gasteiger partial charge < -0.3 is 29.9 Å². The van der Waals surface area contributed by atoms with Crippen LogP contribution in [0, 0.1) is 0 Å². The quantitative estimate of drug-likeness (QED) is 0.510. The predicted octanol–water partition coefficient (Wildman–Crippen LogP) is 2.26. The first-order valence-corrected chi connectivity index (χ1v) is 10.2. The first-order valence-electron chi connectivity index (χ1n) is 10.2. The minimum absolute atomic E-state index is 0.123. The Labute approximate surface area is 183 Å². The number of carboxylic acid groups (broad SMARTS) is 1. The molecule has 0 saturated carbocycles. The zero-order valence-corrected chi connectivity index (χ0v) is 18.9. The highest BCUT2D eigenvalue weighted by molar-refractivity contribution is 5.99. The van der Waals surface area contributed by atoms with Crippen LogP contribution in [0.3, 0.4) is 0 Å². The van der Waals surface area contributed by atoms with Gasteiger partial charge in [-0.2, -0.15) is 0 Å². The van der Waals surface area contributed by atoms with Gasteiger partial charge in [-0.3, -0.25) is 0 Å². The number of nitrogens with zero attached hydrogens (tertiary/aromatic N) is 1. The second-order valence-electron chi connectivity index (χ2n) is 7.88. The number of aliphatic hydroxyl groups excluding tert-OH is 1. The van der Waals surface area contributed by atoms with Crippen LogP contribution in [0.5, 0.6) is 5.75 Å². The summed E-state index contributed by atoms with van der Waals surface area (Å²) < 4.78 is 10.6. The summed E-state index contributed by atoms with van der Waals surface area (Å²) in [5.41, 5.74) is 2.25. The van der Waals surface area contributed by atoms with Crippen molar-refractivity contribution >= 4 is 11.9 Å². The Morgan fingerprint density at radius 1 is 1.13 bits per heavy atom. The summed E-state index contributed by atoms with van der Waals surface area (Å²) >= 11 is 0. The largest absolute Gasteiger partial charge is 0.491 e. The molecule has 8 nitrogen and oxygen atoms in total. The maximum Gasteiger partial charge on any atom is 0.336 e. The molecular weight excluding hydrogens is 400 g/mol. The third-order valence-electron chi connectivity index (χ3n) is 5.42. The number of nitrogens with one attached hydrogen (secondary N) is 1. The molecule has 31 heavy (non-hydrogen) atoms. The molecule has 1 aliphatic heterocycles. The summed E-state index contributed by atoms with van der Waals surface area (Å²) in [6, 6.07) is 7.14. The van der Waals surface area contributed by atoms with Gasteiger partial charge in [-0.25, -0.2) is 9.59 Å². The van der Waals surface area contributed by atoms with Gasteiger partial charge in [0.05, 0.1) is 24.2 Å². The van der Waals surface area contributed by atoms with Crippen molar-refractivity contribution in [3.8, 4) is 5.75 Å². The molecule has 2 rings (SSSR count). The number of carboxylic acids is 1. The highest BCUT2D eigenvalue weighted by Crippen LogP contribution is 2.42. The minimum atomic E-state index is -1.09. The first kappa shape index (κ1) is 24.4. The monoisotopic (exact) mass is 432 g/mol. The van der Waals surface area contributed by atoms with Gasteiger partial charge in [-0.05, 0) is 31.5 Å². The third kappa shape index (κ3) is 5.65. The van der Waals surface area contributed by atoms with E-state index >= 15 is 0 Å². The molecule has 0 aliphatic carbocycles. The van der Waals surface area contributed by atoms with Crippen LogP contribution in [-0.2, 0) is 14.3 Å². The molecule has 1 aliphatic rings. The summed E-state index contributed by atoms with van der Waals surface area (Å²) in [6.07, 6.45) is -0.656. The fraction of sp³-hybridized carbons (Fsp3) is 0.478. The van der Waals surface area contributed by atoms with Crippen molar-refractivity contribution in [1.29, 1.82) is 0 Å². The van der Waals surface area contributed by atoms with Crippen LogP contribution in [0.4, 0.5) is 0 Å². The molecule has 0 aromatic heterocycles. The van der Waals surface area contributed by atoms with Crippen LogP contribution >= 0.6 is 0 Å². The molecule has 8 heteroatoms. The minimum Gasteiger partial charge on any atom is -0.491 e. The molecule has 0 saturated heterocycles. The summed E-state index contributed by atoms with van der Waals surface area (Å²) in [5, 5.41) is 23.0. The number of carbonyl (C=O) groups is 2. The number of aliphatic carboxylic acids is 1. The molecule has 0 spiro atoms. The van der Waals surface area contributed by atoms with Crippen LogP contribution in [0.15, 0.2) is 46.8 Å². The summed E-state index contributed by atoms with van der Waals surface area (Å²) in [5.74, 6) is -1.89. The Kier molecular flexibility index (Phi) is 8.24. The topological polar surface area (TPSA) is 108 Å². The maximum absolute atomic E-state index is 12.6. The predicted molar refractivity (Wildman–Crippen MR) is 117 cm³/mol. The lowest BCUT2D eigenvalue weighted by Crippen LogP contribution is -2.35. The number of hydrogen-bond donors (Lipinski definition) is 3. The van der Waals surface area contributed by atoms with Gasteiger partial charge in [-0.15, -0.1) is 0 Å². The van der Waals surface area contributed by atoms with Gasteiger partial charge in [0.25, 0.3) is 0 Å². The number of hydrogen-bond acceptors (Lipinski definition) is 7. The summed E-state index contributed by atoms with van der Waals surface area (Å²) in [4.78, 5) is 26.3. The molecule has 1 aromatic rings. The van der Waals surface area contributed by atoms with E-state index < -0.39 is 24.0 Å². The van der Waals surface area contributed by atoms with Crippen LogP contribution in [0.2, 0.25) is 0 Å². The Morgan fingerprint density at radius 2 is 1.71 bits per heavy atom. The van der Waals surface area contributed by atoms with Gasteiger partial charge in [-0.1, -0.05) is 26.0 Å². The van der Waals surface area contributed by atoms with Crippen molar-refractivity contribution in [3.63, 3.8) is 0 Å². The number of allylic oxidation sites excluding steroid dienone is 2. The van der Waals surface area contributed by atoms with Crippen LogP contribution in [-0.4, -0.2) is 66.5 Å². The van der Waals surface area contributed by atoms with Crippen LogP contribution in [0.1, 0.15) is 39.2 Å². The van der Waals surface area contributed by atoms with Gasteiger partial charge in [0.15, 0.2) is 0 Å². The van der Waals surface area contributed by atoms with E-state index in [1.807, 2.05) is 13.8 Å². The lowest BCUT2D eigenvalue weighted by Gasteiger charge is -2.35. The number of aliphatic hydroxyl groups is 1. The van der Waals surface area contributed by atoms with Crippen molar-refractivity contribution in [2.75, 3.05) is 27.3 Å². The summed E-state index contributed by atoms with van der Waals surface area (Å²) in [6.45, 7) is 8.03. The molecule has 0 bridgehead atoms. The second-order valence-corrected chi connectivity index (χ2v) is 7.88. The van der Waals surface area contributed by atoms with Crippen molar-refractivity contribution < 1.29 is 29.3 Å². The highest BCUT2D eigenvalue weighted by atomic mass is 16.5. The van der Waals surface area contributed by atoms with Crippen LogP contribution < -0.4 is 10.1 Å². The molecule has 0 fully saturated rings. The van der Waals surface area contributed by atoms with Gasteiger partial charge in [0.2, 0.25) is 0 Å². The number of rotatable bonds is 9. The molecule has 2 unspecified atom stereocenters. The van der Waals surface area contributed by atoms with E-state index in [0.717, 1.165) is 0 Å². The van der Waals surface area contributed by atoms with E-state index in [1.54, 1.807) is 50.1 Å². The van der Waals surface area contributed by atoms with Crippen molar-refractivity contribution in [2.24, 2.45) is 0 Å². The van der Waals surface area contributed by atoms with Gasteiger partial charge >= 0.3 is 11.9 Å². The van der Waals surface area contributed by atoms with Crippen molar-refractivity contribution in [1.82, 2.24) is 10.2 Å². The Morgan fingerprint density at radius 3 is 2.23 bits per heavy atom. The lowest BCUT2D eigenvalue weighted by molar-refractivity contribution is -0.136. The normalized spacial score (nSPS) is 17.8. The highest BCUT2D eigenvalue weighted by Gasteiger charge is 2.38. The molecule has 170 valence electrons. The number of ether oxygens (including phenoxy) is 2. The maximum atomic E-state index is 12.6.